The first-order chi connectivity index (χ1) is 10.3. The first-order valence-electron chi connectivity index (χ1n) is 6.85. The van der Waals surface area contributed by atoms with Gasteiger partial charge < -0.3 is 14.2 Å². The van der Waals surface area contributed by atoms with E-state index in [1.54, 1.807) is 38.6 Å². The maximum atomic E-state index is 11.9. The van der Waals surface area contributed by atoms with Crippen LogP contribution in [0.1, 0.15) is 20.8 Å². The minimum Gasteiger partial charge on any atom is -0.493 e. The second kappa shape index (κ2) is 6.09. The lowest BCUT2D eigenvalue weighted by Crippen LogP contribution is -2.27. The van der Waals surface area contributed by atoms with Crippen LogP contribution in [0.3, 0.4) is 0 Å². The number of nitrogens with one attached hydrogen (secondary N) is 1. The predicted molar refractivity (Wildman–Crippen MR) is 84.7 cm³/mol. The molecule has 0 saturated carbocycles. The fourth-order valence-electron chi connectivity index (χ4n) is 2.00. The van der Waals surface area contributed by atoms with Gasteiger partial charge in [0.15, 0.2) is 11.5 Å². The quantitative estimate of drug-likeness (QED) is 0.938. The van der Waals surface area contributed by atoms with Crippen molar-refractivity contribution >= 4 is 22.7 Å². The molecule has 0 fully saturated rings. The van der Waals surface area contributed by atoms with E-state index < -0.39 is 11.7 Å². The summed E-state index contributed by atoms with van der Waals surface area (Å²) in [5.74, 6) is 1.15. The molecule has 118 valence electrons. The third-order valence-electron chi connectivity index (χ3n) is 2.88. The minimum atomic E-state index is -0.562. The number of methoxy groups -OCH3 is 2. The SMILES string of the molecule is COc1cc2nccc(NC(=O)OC(C)(C)C)c2cc1OC. The highest BCUT2D eigenvalue weighted by molar-refractivity contribution is 5.99. The van der Waals surface area contributed by atoms with Gasteiger partial charge >= 0.3 is 6.09 Å². The number of hydrogen-bond donors (Lipinski definition) is 1. The molecule has 1 aromatic heterocycles. The molecule has 22 heavy (non-hydrogen) atoms. The van der Waals surface area contributed by atoms with E-state index in [-0.39, 0.29) is 0 Å². The van der Waals surface area contributed by atoms with Crippen molar-refractivity contribution in [2.24, 2.45) is 0 Å². The molecule has 1 heterocycles. The van der Waals surface area contributed by atoms with Crippen LogP contribution in [0.4, 0.5) is 10.5 Å². The third-order valence-corrected chi connectivity index (χ3v) is 2.88. The van der Waals surface area contributed by atoms with Crippen LogP contribution < -0.4 is 14.8 Å². The van der Waals surface area contributed by atoms with Crippen LogP contribution in [0.2, 0.25) is 0 Å². The first kappa shape index (κ1) is 15.9. The molecule has 0 unspecified atom stereocenters. The van der Waals surface area contributed by atoms with E-state index in [9.17, 15) is 4.79 Å². The number of pyridine rings is 1. The molecule has 0 saturated heterocycles. The van der Waals surface area contributed by atoms with Crippen molar-refractivity contribution in [1.29, 1.82) is 0 Å². The Morgan fingerprint density at radius 3 is 2.36 bits per heavy atom. The van der Waals surface area contributed by atoms with E-state index in [0.717, 1.165) is 5.39 Å². The van der Waals surface area contributed by atoms with E-state index in [1.807, 2.05) is 20.8 Å². The van der Waals surface area contributed by atoms with E-state index in [4.69, 9.17) is 14.2 Å². The van der Waals surface area contributed by atoms with Crippen molar-refractivity contribution in [2.75, 3.05) is 19.5 Å². The summed E-state index contributed by atoms with van der Waals surface area (Å²) in [6.07, 6.45) is 1.09. The Bertz CT molecular complexity index is 692. The minimum absolute atomic E-state index is 0.519. The van der Waals surface area contributed by atoms with Crippen molar-refractivity contribution in [3.8, 4) is 11.5 Å². The van der Waals surface area contributed by atoms with Crippen LogP contribution in [-0.2, 0) is 4.74 Å². The summed E-state index contributed by atoms with van der Waals surface area (Å²) in [5.41, 5.74) is 0.722. The normalized spacial score (nSPS) is 11.1. The predicted octanol–water partition coefficient (Wildman–Crippen LogP) is 3.60. The van der Waals surface area contributed by atoms with E-state index >= 15 is 0 Å². The molecule has 0 spiro atoms. The molecule has 6 nitrogen and oxygen atoms in total. The number of amides is 1. The summed E-state index contributed by atoms with van der Waals surface area (Å²) in [4.78, 5) is 16.2. The molecule has 0 aliphatic carbocycles. The van der Waals surface area contributed by atoms with Crippen LogP contribution in [0.5, 0.6) is 11.5 Å². The Hall–Kier alpha value is -2.50. The average Bonchev–Trinajstić information content (AvgIpc) is 2.44. The molecule has 1 N–H and O–H groups in total. The number of nitrogens with zero attached hydrogens (tertiary/aromatic N) is 1. The summed E-state index contributed by atoms with van der Waals surface area (Å²) in [5, 5.41) is 3.47. The van der Waals surface area contributed by atoms with Gasteiger partial charge in [0.05, 0.1) is 25.4 Å². The molecule has 6 heteroatoms. The smallest absolute Gasteiger partial charge is 0.412 e. The topological polar surface area (TPSA) is 69.7 Å². The van der Waals surface area contributed by atoms with Crippen molar-refractivity contribution in [1.82, 2.24) is 4.98 Å². The van der Waals surface area contributed by atoms with E-state index in [0.29, 0.717) is 22.7 Å². The van der Waals surface area contributed by atoms with Gasteiger partial charge in [0, 0.05) is 17.6 Å². The molecule has 0 atom stereocenters. The second-order valence-electron chi connectivity index (χ2n) is 5.71. The molecule has 1 aromatic carbocycles. The average molecular weight is 304 g/mol. The Balaban J connectivity index is 2.40. The highest BCUT2D eigenvalue weighted by Crippen LogP contribution is 2.34. The van der Waals surface area contributed by atoms with Gasteiger partial charge in [-0.2, -0.15) is 0 Å². The van der Waals surface area contributed by atoms with E-state index in [1.165, 1.54) is 0 Å². The summed E-state index contributed by atoms with van der Waals surface area (Å²) in [6, 6.07) is 5.24. The van der Waals surface area contributed by atoms with Crippen LogP contribution in [-0.4, -0.2) is 30.9 Å². The van der Waals surface area contributed by atoms with Crippen molar-refractivity contribution < 1.29 is 19.0 Å². The Labute approximate surface area is 129 Å². The summed E-state index contributed by atoms with van der Waals surface area (Å²) in [6.45, 7) is 5.43. The van der Waals surface area contributed by atoms with Crippen LogP contribution >= 0.6 is 0 Å². The Morgan fingerprint density at radius 2 is 1.77 bits per heavy atom. The summed E-state index contributed by atoms with van der Waals surface area (Å²) < 4.78 is 15.8. The summed E-state index contributed by atoms with van der Waals surface area (Å²) >= 11 is 0. The van der Waals surface area contributed by atoms with Crippen molar-refractivity contribution in [2.45, 2.75) is 26.4 Å². The molecular weight excluding hydrogens is 284 g/mol. The maximum absolute atomic E-state index is 11.9. The number of hydrogen-bond acceptors (Lipinski definition) is 5. The lowest BCUT2D eigenvalue weighted by molar-refractivity contribution is 0.0636. The zero-order chi connectivity index (χ0) is 16.3. The molecule has 1 amide bonds. The summed E-state index contributed by atoms with van der Waals surface area (Å²) in [7, 11) is 3.12. The number of aromatic nitrogens is 1. The van der Waals surface area contributed by atoms with Gasteiger partial charge in [-0.05, 0) is 32.9 Å². The standard InChI is InChI=1S/C16H20N2O4/c1-16(2,3)22-15(19)18-11-6-7-17-12-9-14(21-5)13(20-4)8-10(11)12/h6-9H,1-5H3,(H,17,18,19). The Kier molecular flexibility index (Phi) is 4.40. The van der Waals surface area contributed by atoms with Crippen molar-refractivity contribution in [3.05, 3.63) is 24.4 Å². The number of carbonyl (C=O) groups is 1. The number of rotatable bonds is 3. The number of carbonyl (C=O) groups excluding carboxylic acids is 1. The maximum Gasteiger partial charge on any atom is 0.412 e. The van der Waals surface area contributed by atoms with Gasteiger partial charge in [0.2, 0.25) is 0 Å². The largest absolute Gasteiger partial charge is 0.493 e. The third kappa shape index (κ3) is 3.58. The molecule has 0 aliphatic heterocycles. The molecule has 2 rings (SSSR count). The monoisotopic (exact) mass is 304 g/mol. The van der Waals surface area contributed by atoms with E-state index in [2.05, 4.69) is 10.3 Å². The van der Waals surface area contributed by atoms with Gasteiger partial charge in [-0.1, -0.05) is 0 Å². The first-order valence-corrected chi connectivity index (χ1v) is 6.85. The zero-order valence-electron chi connectivity index (χ0n) is 13.4. The molecule has 0 bridgehead atoms. The van der Waals surface area contributed by atoms with Crippen LogP contribution in [0.25, 0.3) is 10.9 Å². The molecule has 0 aliphatic rings. The molecular formula is C16H20N2O4. The number of fused-ring (bicyclic) bond motifs is 1. The zero-order valence-corrected chi connectivity index (χ0v) is 13.4. The highest BCUT2D eigenvalue weighted by Gasteiger charge is 2.17. The molecule has 0 radical (unpaired) electrons. The van der Waals surface area contributed by atoms with Crippen LogP contribution in [0, 0.1) is 0 Å². The lowest BCUT2D eigenvalue weighted by Gasteiger charge is -2.20. The van der Waals surface area contributed by atoms with Gasteiger partial charge in [-0.25, -0.2) is 4.79 Å². The van der Waals surface area contributed by atoms with Gasteiger partial charge in [0.25, 0.3) is 0 Å². The van der Waals surface area contributed by atoms with Gasteiger partial charge in [-0.15, -0.1) is 0 Å². The molecule has 2 aromatic rings. The fourth-order valence-corrected chi connectivity index (χ4v) is 2.00. The Morgan fingerprint density at radius 1 is 1.14 bits per heavy atom. The van der Waals surface area contributed by atoms with Crippen molar-refractivity contribution in [3.63, 3.8) is 0 Å². The number of ether oxygens (including phenoxy) is 3. The number of benzene rings is 1. The highest BCUT2D eigenvalue weighted by atomic mass is 16.6. The van der Waals surface area contributed by atoms with Crippen LogP contribution in [0.15, 0.2) is 24.4 Å². The fraction of sp³-hybridized carbons (Fsp3) is 0.375. The van der Waals surface area contributed by atoms with Gasteiger partial charge in [0.1, 0.15) is 5.60 Å². The van der Waals surface area contributed by atoms with Gasteiger partial charge in [-0.3, -0.25) is 10.3 Å². The number of anilines is 1. The second-order valence-corrected chi connectivity index (χ2v) is 5.71. The lowest BCUT2D eigenvalue weighted by atomic mass is 10.1.